The van der Waals surface area contributed by atoms with Gasteiger partial charge in [-0.25, -0.2) is 4.68 Å². The van der Waals surface area contributed by atoms with Crippen LogP contribution in [0.4, 0.5) is 0 Å². The molecule has 122 valence electrons. The third kappa shape index (κ3) is 4.12. The van der Waals surface area contributed by atoms with Gasteiger partial charge in [0.1, 0.15) is 5.75 Å². The van der Waals surface area contributed by atoms with E-state index in [4.69, 9.17) is 16.3 Å². The normalized spacial score (nSPS) is 17.0. The Bertz CT molecular complexity index is 721. The van der Waals surface area contributed by atoms with Gasteiger partial charge in [0.15, 0.2) is 0 Å². The second-order valence-corrected chi connectivity index (χ2v) is 6.44. The fraction of sp³-hybridized carbons (Fsp3) is 0.412. The fourth-order valence-corrected chi connectivity index (χ4v) is 2.99. The third-order valence-electron chi connectivity index (χ3n) is 4.11. The molecule has 1 aliphatic rings. The van der Waals surface area contributed by atoms with Gasteiger partial charge in [-0.3, -0.25) is 4.79 Å². The number of hydrogen-bond acceptors (Lipinski definition) is 4. The molecule has 0 aliphatic heterocycles. The monoisotopic (exact) mass is 334 g/mol. The van der Waals surface area contributed by atoms with Gasteiger partial charge < -0.3 is 9.84 Å². The molecule has 0 saturated heterocycles. The molecule has 0 amide bonds. The zero-order chi connectivity index (χ0) is 16.3. The Kier molecular flexibility index (Phi) is 4.68. The van der Waals surface area contributed by atoms with Crippen LogP contribution in [-0.2, 0) is 6.54 Å². The van der Waals surface area contributed by atoms with Crippen LogP contribution in [0.25, 0.3) is 0 Å². The van der Waals surface area contributed by atoms with Crippen molar-refractivity contribution in [3.63, 3.8) is 0 Å². The Morgan fingerprint density at radius 1 is 1.13 bits per heavy atom. The predicted molar refractivity (Wildman–Crippen MR) is 88.1 cm³/mol. The fourth-order valence-electron chi connectivity index (χ4n) is 2.87. The maximum atomic E-state index is 12.0. The van der Waals surface area contributed by atoms with Gasteiger partial charge in [-0.2, -0.15) is 0 Å². The van der Waals surface area contributed by atoms with Crippen molar-refractivity contribution >= 4 is 11.6 Å². The van der Waals surface area contributed by atoms with Gasteiger partial charge in [-0.05, 0) is 37.1 Å². The number of rotatable bonds is 4. The SMILES string of the molecule is O=c1ccc(Oc2ccc(Cl)cc2)nn1CC1(O)CCCCC1. The van der Waals surface area contributed by atoms with Gasteiger partial charge in [-0.15, -0.1) is 5.10 Å². The van der Waals surface area contributed by atoms with Gasteiger partial charge >= 0.3 is 0 Å². The van der Waals surface area contributed by atoms with Crippen molar-refractivity contribution in [2.75, 3.05) is 0 Å². The molecule has 2 aromatic rings. The second kappa shape index (κ2) is 6.72. The minimum Gasteiger partial charge on any atom is -0.438 e. The van der Waals surface area contributed by atoms with E-state index < -0.39 is 5.60 Å². The maximum absolute atomic E-state index is 12.0. The van der Waals surface area contributed by atoms with Gasteiger partial charge in [0.2, 0.25) is 5.88 Å². The third-order valence-corrected chi connectivity index (χ3v) is 4.36. The number of halogens is 1. The lowest BCUT2D eigenvalue weighted by atomic mass is 9.85. The molecule has 6 heteroatoms. The van der Waals surface area contributed by atoms with E-state index in [1.54, 1.807) is 24.3 Å². The molecule has 5 nitrogen and oxygen atoms in total. The van der Waals surface area contributed by atoms with Crippen molar-refractivity contribution in [1.82, 2.24) is 9.78 Å². The Hall–Kier alpha value is -1.85. The number of aromatic nitrogens is 2. The van der Waals surface area contributed by atoms with E-state index >= 15 is 0 Å². The zero-order valence-corrected chi connectivity index (χ0v) is 13.5. The van der Waals surface area contributed by atoms with Gasteiger partial charge in [0, 0.05) is 17.2 Å². The first-order valence-corrected chi connectivity index (χ1v) is 8.16. The molecule has 1 aromatic heterocycles. The number of aliphatic hydroxyl groups is 1. The average Bonchev–Trinajstić information content (AvgIpc) is 2.53. The first-order chi connectivity index (χ1) is 11.0. The van der Waals surface area contributed by atoms with E-state index in [1.807, 2.05) is 0 Å². The minimum absolute atomic E-state index is 0.198. The Balaban J connectivity index is 1.78. The Labute approximate surface area is 139 Å². The summed E-state index contributed by atoms with van der Waals surface area (Å²) >= 11 is 5.84. The summed E-state index contributed by atoms with van der Waals surface area (Å²) in [5.41, 5.74) is -1.10. The van der Waals surface area contributed by atoms with Crippen molar-refractivity contribution in [2.24, 2.45) is 0 Å². The molecule has 0 spiro atoms. The zero-order valence-electron chi connectivity index (χ0n) is 12.7. The quantitative estimate of drug-likeness (QED) is 0.931. The van der Waals surface area contributed by atoms with Crippen LogP contribution in [0.2, 0.25) is 5.02 Å². The Morgan fingerprint density at radius 2 is 1.83 bits per heavy atom. The lowest BCUT2D eigenvalue weighted by Gasteiger charge is -2.31. The topological polar surface area (TPSA) is 64.3 Å². The molecule has 1 aliphatic carbocycles. The highest BCUT2D eigenvalue weighted by Gasteiger charge is 2.30. The molecule has 1 fully saturated rings. The number of benzene rings is 1. The van der Waals surface area contributed by atoms with E-state index in [0.717, 1.165) is 19.3 Å². The highest BCUT2D eigenvalue weighted by molar-refractivity contribution is 6.30. The van der Waals surface area contributed by atoms with E-state index in [9.17, 15) is 9.90 Å². The van der Waals surface area contributed by atoms with Crippen LogP contribution < -0.4 is 10.3 Å². The largest absolute Gasteiger partial charge is 0.438 e. The van der Waals surface area contributed by atoms with E-state index in [1.165, 1.54) is 16.8 Å². The molecule has 0 unspecified atom stereocenters. The van der Waals surface area contributed by atoms with Crippen molar-refractivity contribution < 1.29 is 9.84 Å². The maximum Gasteiger partial charge on any atom is 0.267 e. The lowest BCUT2D eigenvalue weighted by Crippen LogP contribution is -2.40. The van der Waals surface area contributed by atoms with Crippen LogP contribution in [0.3, 0.4) is 0 Å². The number of nitrogens with zero attached hydrogens (tertiary/aromatic N) is 2. The first-order valence-electron chi connectivity index (χ1n) is 7.78. The first kappa shape index (κ1) is 16.0. The number of hydrogen-bond donors (Lipinski definition) is 1. The molecule has 1 saturated carbocycles. The molecule has 0 radical (unpaired) electrons. The smallest absolute Gasteiger partial charge is 0.267 e. The van der Waals surface area contributed by atoms with Gasteiger partial charge in [0.25, 0.3) is 5.56 Å². The summed E-state index contributed by atoms with van der Waals surface area (Å²) in [5.74, 6) is 0.898. The minimum atomic E-state index is -0.853. The van der Waals surface area contributed by atoms with Crippen LogP contribution in [-0.4, -0.2) is 20.5 Å². The van der Waals surface area contributed by atoms with E-state index in [0.29, 0.717) is 29.5 Å². The van der Waals surface area contributed by atoms with Crippen LogP contribution in [0.1, 0.15) is 32.1 Å². The summed E-state index contributed by atoms with van der Waals surface area (Å²) in [6.07, 6.45) is 4.48. The average molecular weight is 335 g/mol. The predicted octanol–water partition coefficient (Wildman–Crippen LogP) is 3.38. The molecular weight excluding hydrogens is 316 g/mol. The summed E-state index contributed by atoms with van der Waals surface area (Å²) in [5, 5.41) is 15.4. The van der Waals surface area contributed by atoms with Crippen molar-refractivity contribution in [3.8, 4) is 11.6 Å². The molecule has 3 rings (SSSR count). The molecular formula is C17H19ClN2O3. The summed E-state index contributed by atoms with van der Waals surface area (Å²) < 4.78 is 6.93. The summed E-state index contributed by atoms with van der Waals surface area (Å²) in [7, 11) is 0. The highest BCUT2D eigenvalue weighted by atomic mass is 35.5. The van der Waals surface area contributed by atoms with E-state index in [2.05, 4.69) is 5.10 Å². The van der Waals surface area contributed by atoms with Crippen LogP contribution >= 0.6 is 11.6 Å². The summed E-state index contributed by atoms with van der Waals surface area (Å²) in [4.78, 5) is 12.0. The molecule has 1 N–H and O–H groups in total. The number of ether oxygens (including phenoxy) is 1. The van der Waals surface area contributed by atoms with Gasteiger partial charge in [0.05, 0.1) is 12.1 Å². The van der Waals surface area contributed by atoms with Crippen molar-refractivity contribution in [3.05, 3.63) is 51.8 Å². The summed E-state index contributed by atoms with van der Waals surface area (Å²) in [6, 6.07) is 9.83. The second-order valence-electron chi connectivity index (χ2n) is 6.01. The van der Waals surface area contributed by atoms with Crippen LogP contribution in [0, 0.1) is 0 Å². The van der Waals surface area contributed by atoms with Crippen molar-refractivity contribution in [1.29, 1.82) is 0 Å². The van der Waals surface area contributed by atoms with E-state index in [-0.39, 0.29) is 12.1 Å². The Morgan fingerprint density at radius 3 is 2.52 bits per heavy atom. The van der Waals surface area contributed by atoms with Crippen LogP contribution in [0.15, 0.2) is 41.2 Å². The van der Waals surface area contributed by atoms with Gasteiger partial charge in [-0.1, -0.05) is 30.9 Å². The molecule has 1 heterocycles. The highest BCUT2D eigenvalue weighted by Crippen LogP contribution is 2.29. The lowest BCUT2D eigenvalue weighted by molar-refractivity contribution is -0.0156. The molecule has 1 aromatic carbocycles. The van der Waals surface area contributed by atoms with Crippen LogP contribution in [0.5, 0.6) is 11.6 Å². The molecule has 0 atom stereocenters. The molecule has 0 bridgehead atoms. The standard InChI is InChI=1S/C17H19ClN2O3/c18-13-4-6-14(7-5-13)23-15-8-9-16(21)20(19-15)12-17(22)10-2-1-3-11-17/h4-9,22H,1-3,10-12H2. The molecule has 23 heavy (non-hydrogen) atoms. The summed E-state index contributed by atoms with van der Waals surface area (Å²) in [6.45, 7) is 0.198. The van der Waals surface area contributed by atoms with Crippen molar-refractivity contribution in [2.45, 2.75) is 44.2 Å².